The topological polar surface area (TPSA) is 66.8 Å². The molecular weight excluding hydrogens is 320 g/mol. The average molecular weight is 339 g/mol. The molecule has 1 saturated carbocycles. The van der Waals surface area contributed by atoms with Crippen molar-refractivity contribution in [1.29, 1.82) is 0 Å². The van der Waals surface area contributed by atoms with Crippen LogP contribution in [0.5, 0.6) is 5.75 Å². The van der Waals surface area contributed by atoms with Gasteiger partial charge in [-0.25, -0.2) is 4.79 Å². The number of nitrogens with zero attached hydrogens (tertiary/aromatic N) is 1. The van der Waals surface area contributed by atoms with E-state index in [0.29, 0.717) is 12.1 Å². The molecule has 5 nitrogen and oxygen atoms in total. The van der Waals surface area contributed by atoms with Crippen LogP contribution in [0.2, 0.25) is 0 Å². The van der Waals surface area contributed by atoms with Gasteiger partial charge in [0.2, 0.25) is 5.91 Å². The molecule has 0 aromatic heterocycles. The molecule has 0 radical (unpaired) electrons. The van der Waals surface area contributed by atoms with E-state index in [1.165, 1.54) is 17.0 Å². The van der Waals surface area contributed by atoms with Crippen LogP contribution in [-0.4, -0.2) is 41.1 Å². The Morgan fingerprint density at radius 2 is 1.96 bits per heavy atom. The normalized spacial score (nSPS) is 25.8. The number of halogens is 2. The first-order chi connectivity index (χ1) is 11.5. The Morgan fingerprint density at radius 3 is 2.58 bits per heavy atom. The predicted octanol–water partition coefficient (Wildman–Crippen LogP) is 2.54. The maximum absolute atomic E-state index is 12.5. The number of benzene rings is 1. The number of hydrogen-bond donors (Lipinski definition) is 1. The number of carboxylic acid groups (broad SMARTS) is 1. The van der Waals surface area contributed by atoms with Gasteiger partial charge in [0.15, 0.2) is 0 Å². The number of carboxylic acids is 1. The zero-order valence-electron chi connectivity index (χ0n) is 13.0. The molecule has 2 aliphatic rings. The first-order valence-corrected chi connectivity index (χ1v) is 8.01. The lowest BCUT2D eigenvalue weighted by atomic mass is 9.94. The Balaban J connectivity index is 1.67. The van der Waals surface area contributed by atoms with Gasteiger partial charge in [-0.15, -0.1) is 0 Å². The maximum Gasteiger partial charge on any atom is 0.387 e. The molecule has 1 aliphatic carbocycles. The van der Waals surface area contributed by atoms with Crippen molar-refractivity contribution in [2.75, 3.05) is 6.54 Å². The molecule has 1 aromatic carbocycles. The number of carbonyl (C=O) groups excluding carboxylic acids is 1. The molecule has 0 bridgehead atoms. The van der Waals surface area contributed by atoms with Gasteiger partial charge in [0, 0.05) is 6.54 Å². The first kappa shape index (κ1) is 16.7. The van der Waals surface area contributed by atoms with Gasteiger partial charge in [0.05, 0.1) is 6.42 Å². The molecular formula is C17H19F2NO4. The van der Waals surface area contributed by atoms with E-state index in [1.807, 2.05) is 0 Å². The molecule has 24 heavy (non-hydrogen) atoms. The SMILES string of the molecule is O=C(O)C1C2CCCC2CN1C(=O)Cc1ccc(OC(F)F)cc1. The largest absolute Gasteiger partial charge is 0.480 e. The summed E-state index contributed by atoms with van der Waals surface area (Å²) >= 11 is 0. The molecule has 0 spiro atoms. The molecule has 1 amide bonds. The van der Waals surface area contributed by atoms with Crippen LogP contribution in [0.3, 0.4) is 0 Å². The van der Waals surface area contributed by atoms with Crippen molar-refractivity contribution in [2.24, 2.45) is 11.8 Å². The van der Waals surface area contributed by atoms with Gasteiger partial charge < -0.3 is 14.7 Å². The first-order valence-electron chi connectivity index (χ1n) is 8.01. The standard InChI is InChI=1S/C17H19F2NO4/c18-17(19)24-12-6-4-10(5-7-12)8-14(21)20-9-11-2-1-3-13(11)15(20)16(22)23/h4-7,11,13,15,17H,1-3,8-9H2,(H,22,23). The Labute approximate surface area is 138 Å². The highest BCUT2D eigenvalue weighted by atomic mass is 19.3. The van der Waals surface area contributed by atoms with Crippen LogP contribution in [0.15, 0.2) is 24.3 Å². The van der Waals surface area contributed by atoms with E-state index >= 15 is 0 Å². The van der Waals surface area contributed by atoms with Gasteiger partial charge in [0.1, 0.15) is 11.8 Å². The van der Waals surface area contributed by atoms with Gasteiger partial charge in [-0.3, -0.25) is 4.79 Å². The molecule has 1 saturated heterocycles. The molecule has 130 valence electrons. The lowest BCUT2D eigenvalue weighted by Crippen LogP contribution is -2.43. The fourth-order valence-corrected chi connectivity index (χ4v) is 3.94. The minimum atomic E-state index is -2.89. The van der Waals surface area contributed by atoms with Crippen molar-refractivity contribution in [3.05, 3.63) is 29.8 Å². The second-order valence-electron chi connectivity index (χ2n) is 6.38. The summed E-state index contributed by atoms with van der Waals surface area (Å²) in [6.07, 6.45) is 2.90. The molecule has 1 N–H and O–H groups in total. The molecule has 1 aliphatic heterocycles. The number of ether oxygens (including phenoxy) is 1. The maximum atomic E-state index is 12.5. The van der Waals surface area contributed by atoms with Gasteiger partial charge >= 0.3 is 12.6 Å². The molecule has 1 aromatic rings. The third-order valence-corrected chi connectivity index (χ3v) is 4.97. The number of alkyl halides is 2. The summed E-state index contributed by atoms with van der Waals surface area (Å²) in [6.45, 7) is -2.40. The summed E-state index contributed by atoms with van der Waals surface area (Å²) in [7, 11) is 0. The highest BCUT2D eigenvalue weighted by molar-refractivity contribution is 5.86. The van der Waals surface area contributed by atoms with Crippen LogP contribution < -0.4 is 4.74 Å². The molecule has 2 fully saturated rings. The van der Waals surface area contributed by atoms with Crippen molar-refractivity contribution >= 4 is 11.9 Å². The Bertz CT molecular complexity index is 620. The van der Waals surface area contributed by atoms with E-state index in [-0.39, 0.29) is 29.9 Å². The van der Waals surface area contributed by atoms with Crippen LogP contribution in [0.4, 0.5) is 8.78 Å². The predicted molar refractivity (Wildman–Crippen MR) is 80.7 cm³/mol. The summed E-state index contributed by atoms with van der Waals surface area (Å²) in [6, 6.07) is 5.10. The van der Waals surface area contributed by atoms with Gasteiger partial charge in [-0.1, -0.05) is 18.6 Å². The summed E-state index contributed by atoms with van der Waals surface area (Å²) < 4.78 is 28.5. The van der Waals surface area contributed by atoms with Crippen molar-refractivity contribution in [3.8, 4) is 5.75 Å². The number of amides is 1. The van der Waals surface area contributed by atoms with E-state index in [2.05, 4.69) is 4.74 Å². The van der Waals surface area contributed by atoms with Gasteiger partial charge in [-0.2, -0.15) is 8.78 Å². The van der Waals surface area contributed by atoms with E-state index in [4.69, 9.17) is 0 Å². The smallest absolute Gasteiger partial charge is 0.387 e. The zero-order chi connectivity index (χ0) is 17.3. The van der Waals surface area contributed by atoms with Gasteiger partial charge in [-0.05, 0) is 42.4 Å². The Hall–Kier alpha value is -2.18. The fraction of sp³-hybridized carbons (Fsp3) is 0.529. The summed E-state index contributed by atoms with van der Waals surface area (Å²) in [5.74, 6) is -0.830. The van der Waals surface area contributed by atoms with Crippen molar-refractivity contribution < 1.29 is 28.2 Å². The summed E-state index contributed by atoms with van der Waals surface area (Å²) in [4.78, 5) is 25.6. The van der Waals surface area contributed by atoms with E-state index in [9.17, 15) is 23.5 Å². The van der Waals surface area contributed by atoms with E-state index < -0.39 is 18.6 Å². The molecule has 3 rings (SSSR count). The Morgan fingerprint density at radius 1 is 1.25 bits per heavy atom. The number of carbonyl (C=O) groups is 2. The molecule has 3 unspecified atom stereocenters. The average Bonchev–Trinajstić information content (AvgIpc) is 3.08. The van der Waals surface area contributed by atoms with Crippen LogP contribution in [-0.2, 0) is 16.0 Å². The number of rotatable bonds is 5. The van der Waals surface area contributed by atoms with Crippen molar-refractivity contribution in [2.45, 2.75) is 38.3 Å². The van der Waals surface area contributed by atoms with Crippen LogP contribution >= 0.6 is 0 Å². The molecule has 3 atom stereocenters. The number of aliphatic carboxylic acids is 1. The Kier molecular flexibility index (Phi) is 4.69. The second-order valence-corrected chi connectivity index (χ2v) is 6.38. The van der Waals surface area contributed by atoms with E-state index in [0.717, 1.165) is 19.3 Å². The molecule has 7 heteroatoms. The third-order valence-electron chi connectivity index (χ3n) is 4.97. The summed E-state index contributed by atoms with van der Waals surface area (Å²) in [5.41, 5.74) is 0.641. The minimum absolute atomic E-state index is 0.0281. The van der Waals surface area contributed by atoms with Crippen molar-refractivity contribution in [1.82, 2.24) is 4.90 Å². The zero-order valence-corrected chi connectivity index (χ0v) is 13.0. The van der Waals surface area contributed by atoms with E-state index in [1.54, 1.807) is 12.1 Å². The minimum Gasteiger partial charge on any atom is -0.480 e. The van der Waals surface area contributed by atoms with Crippen molar-refractivity contribution in [3.63, 3.8) is 0 Å². The fourth-order valence-electron chi connectivity index (χ4n) is 3.94. The van der Waals surface area contributed by atoms with Crippen LogP contribution in [0, 0.1) is 11.8 Å². The molecule has 1 heterocycles. The number of hydrogen-bond acceptors (Lipinski definition) is 3. The van der Waals surface area contributed by atoms with Gasteiger partial charge in [0.25, 0.3) is 0 Å². The lowest BCUT2D eigenvalue weighted by Gasteiger charge is -2.24. The number of likely N-dealkylation sites (tertiary alicyclic amines) is 1. The quantitative estimate of drug-likeness (QED) is 0.895. The van der Waals surface area contributed by atoms with Crippen LogP contribution in [0.1, 0.15) is 24.8 Å². The highest BCUT2D eigenvalue weighted by Crippen LogP contribution is 2.42. The summed E-state index contributed by atoms with van der Waals surface area (Å²) in [5, 5.41) is 9.48. The number of fused-ring (bicyclic) bond motifs is 1. The highest BCUT2D eigenvalue weighted by Gasteiger charge is 2.49. The van der Waals surface area contributed by atoms with Crippen LogP contribution in [0.25, 0.3) is 0 Å². The lowest BCUT2D eigenvalue weighted by molar-refractivity contribution is -0.149. The third kappa shape index (κ3) is 3.34. The second kappa shape index (κ2) is 6.75. The monoisotopic (exact) mass is 339 g/mol.